The second-order valence-corrected chi connectivity index (χ2v) is 10.2. The molecule has 1 aliphatic heterocycles. The molecular weight excluding hydrogens is 554 g/mol. The maximum atomic E-state index is 13.0. The second-order valence-electron chi connectivity index (χ2n) is 10.2. The van der Waals surface area contributed by atoms with Crippen LogP contribution in [0.1, 0.15) is 68.8 Å². The van der Waals surface area contributed by atoms with Gasteiger partial charge in [-0.3, -0.25) is 14.4 Å². The van der Waals surface area contributed by atoms with E-state index in [4.69, 9.17) is 23.7 Å². The standard InChI is InChI=1S/C33H34NO9/c1-6-30-20(2)31(41-23(5)37)32(43-30)34-15-7-8-26(19-34)33(38)42-27-13-11-24(12-14-27)9-10-25-16-28(39-21(3)35)18-29(17-25)40-22(4)36/h7-20,30-32H,6H2,1-5H3/q+1/b10-9+/t20-,30-,31-,32-/m1/s1. The maximum absolute atomic E-state index is 13.0. The van der Waals surface area contributed by atoms with Crippen molar-refractivity contribution in [2.75, 3.05) is 0 Å². The van der Waals surface area contributed by atoms with Gasteiger partial charge in [-0.2, -0.15) is 4.57 Å². The van der Waals surface area contributed by atoms with Gasteiger partial charge in [0, 0.05) is 38.8 Å². The highest BCUT2D eigenvalue weighted by atomic mass is 16.6. The molecule has 3 aromatic rings. The zero-order chi connectivity index (χ0) is 31.1. The summed E-state index contributed by atoms with van der Waals surface area (Å²) in [5, 5.41) is 0. The van der Waals surface area contributed by atoms with Gasteiger partial charge in [0.1, 0.15) is 22.8 Å². The van der Waals surface area contributed by atoms with Gasteiger partial charge in [0.05, 0.1) is 6.10 Å². The van der Waals surface area contributed by atoms with Crippen LogP contribution in [0.3, 0.4) is 0 Å². The van der Waals surface area contributed by atoms with E-state index >= 15 is 0 Å². The fourth-order valence-electron chi connectivity index (χ4n) is 4.83. The van der Waals surface area contributed by atoms with Crippen LogP contribution in [0.25, 0.3) is 12.2 Å². The molecule has 0 spiro atoms. The largest absolute Gasteiger partial charge is 0.452 e. The zero-order valence-corrected chi connectivity index (χ0v) is 24.6. The molecule has 2 aromatic carbocycles. The quantitative estimate of drug-likeness (QED) is 0.146. The number of esters is 4. The molecule has 10 nitrogen and oxygen atoms in total. The number of aromatic nitrogens is 1. The lowest BCUT2D eigenvalue weighted by Crippen LogP contribution is -2.46. The van der Waals surface area contributed by atoms with Crippen molar-refractivity contribution in [3.63, 3.8) is 0 Å². The third-order valence-electron chi connectivity index (χ3n) is 6.74. The lowest BCUT2D eigenvalue weighted by atomic mass is 9.98. The number of carbonyl (C=O) groups excluding carboxylic acids is 4. The summed E-state index contributed by atoms with van der Waals surface area (Å²) in [4.78, 5) is 47.5. The Morgan fingerprint density at radius 3 is 2.02 bits per heavy atom. The molecule has 1 aromatic heterocycles. The average Bonchev–Trinajstić information content (AvgIpc) is 3.26. The fraction of sp³-hybridized carbons (Fsp3) is 0.303. The van der Waals surface area contributed by atoms with Crippen LogP contribution in [-0.2, 0) is 23.9 Å². The lowest BCUT2D eigenvalue weighted by Gasteiger charge is -2.17. The topological polar surface area (TPSA) is 118 Å². The number of carbonyl (C=O) groups is 4. The molecule has 4 rings (SSSR count). The molecule has 0 saturated carbocycles. The van der Waals surface area contributed by atoms with Gasteiger partial charge in [-0.25, -0.2) is 4.79 Å². The number of hydrogen-bond acceptors (Lipinski definition) is 9. The van der Waals surface area contributed by atoms with Crippen molar-refractivity contribution in [1.29, 1.82) is 0 Å². The first-order chi connectivity index (χ1) is 20.5. The molecule has 4 atom stereocenters. The summed E-state index contributed by atoms with van der Waals surface area (Å²) in [6.07, 6.45) is 6.58. The third kappa shape index (κ3) is 8.36. The number of pyridine rings is 1. The molecule has 43 heavy (non-hydrogen) atoms. The van der Waals surface area contributed by atoms with E-state index < -0.39 is 30.2 Å². The third-order valence-corrected chi connectivity index (χ3v) is 6.74. The Labute approximate surface area is 249 Å². The lowest BCUT2D eigenvalue weighted by molar-refractivity contribution is -0.765. The summed E-state index contributed by atoms with van der Waals surface area (Å²) >= 11 is 0. The van der Waals surface area contributed by atoms with Crippen LogP contribution in [0.15, 0.2) is 67.0 Å². The number of rotatable bonds is 9. The highest BCUT2D eigenvalue weighted by Gasteiger charge is 2.49. The molecular formula is C33H34NO9+. The molecule has 0 amide bonds. The van der Waals surface area contributed by atoms with E-state index in [2.05, 4.69) is 0 Å². The van der Waals surface area contributed by atoms with Crippen molar-refractivity contribution in [3.8, 4) is 17.2 Å². The Kier molecular flexibility index (Phi) is 10.0. The van der Waals surface area contributed by atoms with E-state index in [1.54, 1.807) is 71.6 Å². The van der Waals surface area contributed by atoms with Crippen molar-refractivity contribution in [1.82, 2.24) is 0 Å². The predicted octanol–water partition coefficient (Wildman–Crippen LogP) is 5.09. The van der Waals surface area contributed by atoms with Crippen LogP contribution in [0, 0.1) is 5.92 Å². The van der Waals surface area contributed by atoms with Gasteiger partial charge in [-0.15, -0.1) is 0 Å². The molecule has 1 aliphatic rings. The van der Waals surface area contributed by atoms with Gasteiger partial charge in [-0.05, 0) is 47.9 Å². The zero-order valence-electron chi connectivity index (χ0n) is 24.6. The van der Waals surface area contributed by atoms with Crippen LogP contribution in [0.2, 0.25) is 0 Å². The van der Waals surface area contributed by atoms with Gasteiger partial charge in [0.25, 0.3) is 0 Å². The first-order valence-corrected chi connectivity index (χ1v) is 13.9. The number of benzene rings is 2. The van der Waals surface area contributed by atoms with Gasteiger partial charge in [0.15, 0.2) is 18.5 Å². The smallest absolute Gasteiger partial charge is 0.349 e. The minimum absolute atomic E-state index is 0.0108. The van der Waals surface area contributed by atoms with Crippen molar-refractivity contribution in [3.05, 3.63) is 83.7 Å². The molecule has 224 valence electrons. The van der Waals surface area contributed by atoms with Gasteiger partial charge in [0.2, 0.25) is 0 Å². The molecule has 0 N–H and O–H groups in total. The van der Waals surface area contributed by atoms with Crippen LogP contribution >= 0.6 is 0 Å². The van der Waals surface area contributed by atoms with E-state index in [0.717, 1.165) is 12.0 Å². The maximum Gasteiger partial charge on any atom is 0.349 e. The Morgan fingerprint density at radius 1 is 0.814 bits per heavy atom. The Hall–Kier alpha value is -4.83. The van der Waals surface area contributed by atoms with Gasteiger partial charge in [-0.1, -0.05) is 38.1 Å². The molecule has 0 bridgehead atoms. The van der Waals surface area contributed by atoms with Gasteiger partial charge >= 0.3 is 30.1 Å². The second kappa shape index (κ2) is 13.9. The molecule has 1 fully saturated rings. The van der Waals surface area contributed by atoms with Crippen molar-refractivity contribution in [2.24, 2.45) is 5.92 Å². The van der Waals surface area contributed by atoms with Crippen LogP contribution < -0.4 is 18.8 Å². The summed E-state index contributed by atoms with van der Waals surface area (Å²) in [7, 11) is 0. The molecule has 2 heterocycles. The SMILES string of the molecule is CC[C@H]1O[C@@H]([n+]2cccc(C(=O)Oc3ccc(/C=C/c4cc(OC(C)=O)cc(OC(C)=O)c4)cc3)c2)[C@H](OC(C)=O)[C@@H]1C. The Morgan fingerprint density at radius 2 is 1.44 bits per heavy atom. The van der Waals surface area contributed by atoms with Crippen LogP contribution in [0.5, 0.6) is 17.2 Å². The van der Waals surface area contributed by atoms with E-state index in [1.807, 2.05) is 19.9 Å². The number of hydrogen-bond donors (Lipinski definition) is 0. The first kappa shape index (κ1) is 31.1. The molecule has 1 saturated heterocycles. The van der Waals surface area contributed by atoms with E-state index in [9.17, 15) is 19.2 Å². The van der Waals surface area contributed by atoms with Crippen molar-refractivity contribution < 1.29 is 47.4 Å². The molecule has 0 aliphatic carbocycles. The summed E-state index contributed by atoms with van der Waals surface area (Å²) in [5.41, 5.74) is 1.75. The summed E-state index contributed by atoms with van der Waals surface area (Å²) in [6.45, 7) is 7.93. The highest BCUT2D eigenvalue weighted by molar-refractivity contribution is 5.90. The number of nitrogens with zero attached hydrogens (tertiary/aromatic N) is 1. The van der Waals surface area contributed by atoms with Gasteiger partial charge < -0.3 is 23.7 Å². The Bertz CT molecular complexity index is 1500. The molecule has 0 unspecified atom stereocenters. The molecule has 10 heteroatoms. The van der Waals surface area contributed by atoms with E-state index in [-0.39, 0.29) is 29.5 Å². The average molecular weight is 589 g/mol. The van der Waals surface area contributed by atoms with Crippen LogP contribution in [-0.4, -0.2) is 36.1 Å². The minimum atomic E-state index is -0.567. The number of ether oxygens (including phenoxy) is 5. The summed E-state index contributed by atoms with van der Waals surface area (Å²) < 4.78 is 29.4. The monoisotopic (exact) mass is 588 g/mol. The first-order valence-electron chi connectivity index (χ1n) is 13.9. The highest BCUT2D eigenvalue weighted by Crippen LogP contribution is 2.34. The summed E-state index contributed by atoms with van der Waals surface area (Å²) in [5.74, 6) is -1.11. The fourth-order valence-corrected chi connectivity index (χ4v) is 4.83. The normalized spacial score (nSPS) is 19.6. The van der Waals surface area contributed by atoms with E-state index in [1.165, 1.54) is 26.8 Å². The summed E-state index contributed by atoms with van der Waals surface area (Å²) in [6, 6.07) is 15.0. The molecule has 0 radical (unpaired) electrons. The Balaban J connectivity index is 1.45. The minimum Gasteiger partial charge on any atom is -0.452 e. The van der Waals surface area contributed by atoms with E-state index in [0.29, 0.717) is 16.9 Å². The van der Waals surface area contributed by atoms with Crippen molar-refractivity contribution in [2.45, 2.75) is 59.5 Å². The van der Waals surface area contributed by atoms with Crippen molar-refractivity contribution >= 4 is 36.0 Å². The predicted molar refractivity (Wildman–Crippen MR) is 155 cm³/mol. The van der Waals surface area contributed by atoms with Crippen LogP contribution in [0.4, 0.5) is 0 Å².